The van der Waals surface area contributed by atoms with Crippen LogP contribution in [-0.2, 0) is 0 Å². The van der Waals surface area contributed by atoms with Gasteiger partial charge in [0.2, 0.25) is 0 Å². The standard InChI is InChI=1S/C17H28N2O/c1-2-19(16-9-4-3-5-10-16)12-7-13-20-17-11-6-8-15(18)14-17/h6,8,11,14,16H,2-5,7,9-10,12-13,18H2,1H3. The fourth-order valence-electron chi connectivity index (χ4n) is 3.11. The van der Waals surface area contributed by atoms with Crippen molar-refractivity contribution in [3.8, 4) is 5.75 Å². The van der Waals surface area contributed by atoms with Crippen LogP contribution in [0.25, 0.3) is 0 Å². The number of benzene rings is 1. The predicted octanol–water partition coefficient (Wildman–Crippen LogP) is 3.69. The van der Waals surface area contributed by atoms with Crippen LogP contribution in [0.5, 0.6) is 5.75 Å². The first-order valence-electron chi connectivity index (χ1n) is 8.02. The highest BCUT2D eigenvalue weighted by molar-refractivity contribution is 5.43. The molecule has 0 unspecified atom stereocenters. The molecule has 1 fully saturated rings. The number of ether oxygens (including phenoxy) is 1. The number of nitrogens with zero attached hydrogens (tertiary/aromatic N) is 1. The van der Waals surface area contributed by atoms with Gasteiger partial charge in [-0.05, 0) is 37.9 Å². The Kier molecular flexibility index (Phi) is 6.19. The lowest BCUT2D eigenvalue weighted by molar-refractivity contribution is 0.152. The molecule has 0 heterocycles. The Bertz CT molecular complexity index is 388. The number of nitrogens with two attached hydrogens (primary N) is 1. The van der Waals surface area contributed by atoms with Gasteiger partial charge in [-0.2, -0.15) is 0 Å². The van der Waals surface area contributed by atoms with E-state index in [4.69, 9.17) is 10.5 Å². The van der Waals surface area contributed by atoms with Crippen LogP contribution in [0, 0.1) is 0 Å². The highest BCUT2D eigenvalue weighted by atomic mass is 16.5. The first-order valence-corrected chi connectivity index (χ1v) is 8.02. The molecule has 0 bridgehead atoms. The first-order chi connectivity index (χ1) is 9.79. The van der Waals surface area contributed by atoms with Crippen LogP contribution < -0.4 is 10.5 Å². The van der Waals surface area contributed by atoms with E-state index >= 15 is 0 Å². The predicted molar refractivity (Wildman–Crippen MR) is 85.1 cm³/mol. The van der Waals surface area contributed by atoms with Gasteiger partial charge in [-0.15, -0.1) is 0 Å². The highest BCUT2D eigenvalue weighted by Gasteiger charge is 2.19. The molecule has 0 radical (unpaired) electrons. The third-order valence-electron chi connectivity index (χ3n) is 4.21. The van der Waals surface area contributed by atoms with Crippen molar-refractivity contribution >= 4 is 5.69 Å². The molecular weight excluding hydrogens is 248 g/mol. The topological polar surface area (TPSA) is 38.5 Å². The second-order valence-electron chi connectivity index (χ2n) is 5.69. The van der Waals surface area contributed by atoms with Crippen molar-refractivity contribution in [3.63, 3.8) is 0 Å². The van der Waals surface area contributed by atoms with E-state index in [1.54, 1.807) is 0 Å². The summed E-state index contributed by atoms with van der Waals surface area (Å²) in [5.74, 6) is 0.880. The summed E-state index contributed by atoms with van der Waals surface area (Å²) in [4.78, 5) is 2.63. The van der Waals surface area contributed by atoms with E-state index in [2.05, 4.69) is 11.8 Å². The molecule has 2 rings (SSSR count). The van der Waals surface area contributed by atoms with Gasteiger partial charge in [0.05, 0.1) is 6.61 Å². The maximum Gasteiger partial charge on any atom is 0.121 e. The van der Waals surface area contributed by atoms with Gasteiger partial charge in [0.25, 0.3) is 0 Å². The Morgan fingerprint density at radius 3 is 2.75 bits per heavy atom. The van der Waals surface area contributed by atoms with Gasteiger partial charge in [-0.3, -0.25) is 0 Å². The number of rotatable bonds is 7. The lowest BCUT2D eigenvalue weighted by Gasteiger charge is -2.33. The Morgan fingerprint density at radius 1 is 1.25 bits per heavy atom. The summed E-state index contributed by atoms with van der Waals surface area (Å²) in [5.41, 5.74) is 6.51. The zero-order valence-electron chi connectivity index (χ0n) is 12.7. The zero-order chi connectivity index (χ0) is 14.2. The SMILES string of the molecule is CCN(CCCOc1cccc(N)c1)C1CCCCC1. The van der Waals surface area contributed by atoms with E-state index in [0.717, 1.165) is 43.6 Å². The van der Waals surface area contributed by atoms with Gasteiger partial charge >= 0.3 is 0 Å². The molecule has 0 atom stereocenters. The van der Waals surface area contributed by atoms with Gasteiger partial charge in [0.1, 0.15) is 5.75 Å². The minimum absolute atomic E-state index is 0.764. The van der Waals surface area contributed by atoms with E-state index in [1.165, 1.54) is 32.1 Å². The number of anilines is 1. The molecule has 1 aliphatic rings. The summed E-state index contributed by atoms with van der Waals surface area (Å²) in [5, 5.41) is 0. The second-order valence-corrected chi connectivity index (χ2v) is 5.69. The van der Waals surface area contributed by atoms with Crippen molar-refractivity contribution < 1.29 is 4.74 Å². The summed E-state index contributed by atoms with van der Waals surface area (Å²) in [6.45, 7) is 5.34. The van der Waals surface area contributed by atoms with Crippen LogP contribution in [0.15, 0.2) is 24.3 Å². The normalized spacial score (nSPS) is 16.5. The summed E-state index contributed by atoms with van der Waals surface area (Å²) in [6, 6.07) is 8.48. The molecule has 20 heavy (non-hydrogen) atoms. The smallest absolute Gasteiger partial charge is 0.121 e. The lowest BCUT2D eigenvalue weighted by Crippen LogP contribution is -2.37. The maximum atomic E-state index is 5.76. The molecule has 112 valence electrons. The molecule has 1 aromatic carbocycles. The molecule has 0 amide bonds. The van der Waals surface area contributed by atoms with Crippen LogP contribution in [0.2, 0.25) is 0 Å². The maximum absolute atomic E-state index is 5.76. The number of hydrogen-bond acceptors (Lipinski definition) is 3. The fourth-order valence-corrected chi connectivity index (χ4v) is 3.11. The molecule has 3 nitrogen and oxygen atoms in total. The summed E-state index contributed by atoms with van der Waals surface area (Å²) < 4.78 is 5.76. The minimum atomic E-state index is 0.764. The molecule has 0 aliphatic heterocycles. The molecule has 1 aliphatic carbocycles. The Morgan fingerprint density at radius 2 is 2.05 bits per heavy atom. The van der Waals surface area contributed by atoms with E-state index < -0.39 is 0 Å². The second kappa shape index (κ2) is 8.15. The van der Waals surface area contributed by atoms with Crippen LogP contribution in [0.1, 0.15) is 45.4 Å². The lowest BCUT2D eigenvalue weighted by atomic mass is 9.94. The minimum Gasteiger partial charge on any atom is -0.493 e. The molecule has 2 N–H and O–H groups in total. The molecule has 0 aromatic heterocycles. The van der Waals surface area contributed by atoms with Gasteiger partial charge < -0.3 is 15.4 Å². The van der Waals surface area contributed by atoms with Crippen molar-refractivity contribution in [2.45, 2.75) is 51.5 Å². The molecule has 1 aromatic rings. The molecule has 0 spiro atoms. The molecule has 0 saturated heterocycles. The van der Waals surface area contributed by atoms with Crippen molar-refractivity contribution in [2.75, 3.05) is 25.4 Å². The van der Waals surface area contributed by atoms with Crippen molar-refractivity contribution in [1.29, 1.82) is 0 Å². The third-order valence-corrected chi connectivity index (χ3v) is 4.21. The first kappa shape index (κ1) is 15.2. The Balaban J connectivity index is 1.68. The number of hydrogen-bond donors (Lipinski definition) is 1. The summed E-state index contributed by atoms with van der Waals surface area (Å²) in [7, 11) is 0. The molecule has 1 saturated carbocycles. The summed E-state index contributed by atoms with van der Waals surface area (Å²) >= 11 is 0. The van der Waals surface area contributed by atoms with E-state index in [0.29, 0.717) is 0 Å². The highest BCUT2D eigenvalue weighted by Crippen LogP contribution is 2.22. The van der Waals surface area contributed by atoms with Crippen molar-refractivity contribution in [2.24, 2.45) is 0 Å². The quantitative estimate of drug-likeness (QED) is 0.609. The van der Waals surface area contributed by atoms with E-state index in [1.807, 2.05) is 24.3 Å². The van der Waals surface area contributed by atoms with Crippen molar-refractivity contribution in [3.05, 3.63) is 24.3 Å². The summed E-state index contributed by atoms with van der Waals surface area (Å²) in [6.07, 6.45) is 8.07. The third kappa shape index (κ3) is 4.71. The molecular formula is C17H28N2O. The Labute approximate surface area is 123 Å². The van der Waals surface area contributed by atoms with Crippen LogP contribution >= 0.6 is 0 Å². The number of nitrogen functional groups attached to an aromatic ring is 1. The van der Waals surface area contributed by atoms with Crippen LogP contribution in [0.4, 0.5) is 5.69 Å². The van der Waals surface area contributed by atoms with Gasteiger partial charge in [-0.1, -0.05) is 32.3 Å². The van der Waals surface area contributed by atoms with Crippen LogP contribution in [-0.4, -0.2) is 30.6 Å². The average Bonchev–Trinajstić information content (AvgIpc) is 2.48. The molecule has 3 heteroatoms. The largest absolute Gasteiger partial charge is 0.493 e. The van der Waals surface area contributed by atoms with E-state index in [-0.39, 0.29) is 0 Å². The van der Waals surface area contributed by atoms with Gasteiger partial charge in [-0.25, -0.2) is 0 Å². The van der Waals surface area contributed by atoms with E-state index in [9.17, 15) is 0 Å². The van der Waals surface area contributed by atoms with Gasteiger partial charge in [0, 0.05) is 24.3 Å². The fraction of sp³-hybridized carbons (Fsp3) is 0.647. The zero-order valence-corrected chi connectivity index (χ0v) is 12.7. The van der Waals surface area contributed by atoms with Crippen molar-refractivity contribution in [1.82, 2.24) is 4.90 Å². The monoisotopic (exact) mass is 276 g/mol. The van der Waals surface area contributed by atoms with Crippen LogP contribution in [0.3, 0.4) is 0 Å². The Hall–Kier alpha value is -1.22. The van der Waals surface area contributed by atoms with Gasteiger partial charge in [0.15, 0.2) is 0 Å². The average molecular weight is 276 g/mol.